The van der Waals surface area contributed by atoms with Crippen LogP contribution in [0, 0.1) is 17.8 Å². The Morgan fingerprint density at radius 3 is 1.68 bits per heavy atom. The smallest absolute Gasteiger partial charge is 0.330 e. The Labute approximate surface area is 379 Å². The molecule has 3 saturated carbocycles. The van der Waals surface area contributed by atoms with Crippen molar-refractivity contribution in [1.29, 1.82) is 0 Å². The zero-order chi connectivity index (χ0) is 47.7. The van der Waals surface area contributed by atoms with Crippen LogP contribution < -0.4 is 0 Å². The highest BCUT2D eigenvalue weighted by atomic mass is 16.8. The van der Waals surface area contributed by atoms with Crippen molar-refractivity contribution in [3.63, 3.8) is 0 Å². The predicted molar refractivity (Wildman–Crippen MR) is 214 cm³/mol. The number of carbonyl (C=O) groups excluding carboxylic acids is 1. The molecular weight excluding hydrogens is 888 g/mol. The van der Waals surface area contributed by atoms with Crippen molar-refractivity contribution < 1.29 is 119 Å². The molecule has 4 aliphatic heterocycles. The quantitative estimate of drug-likeness (QED) is 0.0603. The normalized spacial score (nSPS) is 51.6. The molecule has 380 valence electrons. The lowest BCUT2D eigenvalue weighted by atomic mass is 9.72. The highest BCUT2D eigenvalue weighted by Gasteiger charge is 2.57. The summed E-state index contributed by atoms with van der Waals surface area (Å²) in [4.78, 5) is 13.0. The van der Waals surface area contributed by atoms with Crippen LogP contribution in [0.1, 0.15) is 57.8 Å². The van der Waals surface area contributed by atoms with E-state index >= 15 is 0 Å². The van der Waals surface area contributed by atoms with Crippen molar-refractivity contribution in [3.05, 3.63) is 12.2 Å². The maximum atomic E-state index is 13.0. The molecule has 0 aromatic heterocycles. The Hall–Kier alpha value is -1.67. The minimum Gasteiger partial charge on any atom is -0.453 e. The summed E-state index contributed by atoms with van der Waals surface area (Å²) in [7, 11) is 0. The molecule has 8 unspecified atom stereocenters. The van der Waals surface area contributed by atoms with E-state index in [1.807, 2.05) is 0 Å². The highest BCUT2D eigenvalue weighted by molar-refractivity contribution is 5.82. The fourth-order valence-corrected chi connectivity index (χ4v) is 10.6. The molecule has 23 atom stereocenters. The summed E-state index contributed by atoms with van der Waals surface area (Å²) in [6.07, 6.45) is -31.2. The highest BCUT2D eigenvalue weighted by Crippen LogP contribution is 2.45. The van der Waals surface area contributed by atoms with E-state index < -0.39 is 185 Å². The summed E-state index contributed by atoms with van der Waals surface area (Å²) in [5.74, 6) is -2.47. The Balaban J connectivity index is 1.14. The van der Waals surface area contributed by atoms with Crippen molar-refractivity contribution in [2.24, 2.45) is 17.8 Å². The van der Waals surface area contributed by atoms with Crippen LogP contribution >= 0.6 is 0 Å². The van der Waals surface area contributed by atoms with E-state index in [1.54, 1.807) is 6.08 Å². The molecule has 7 fully saturated rings. The Kier molecular flexibility index (Phi) is 17.9. The maximum absolute atomic E-state index is 13.0. The van der Waals surface area contributed by atoms with Gasteiger partial charge in [-0.3, -0.25) is 0 Å². The van der Waals surface area contributed by atoms with Gasteiger partial charge in [-0.15, -0.1) is 0 Å². The van der Waals surface area contributed by atoms with E-state index in [4.69, 9.17) is 37.9 Å². The molecule has 0 aromatic rings. The van der Waals surface area contributed by atoms with E-state index in [9.17, 15) is 81.4 Å². The summed E-state index contributed by atoms with van der Waals surface area (Å²) in [6.45, 7) is -2.45. The molecule has 0 aromatic carbocycles. The first-order valence-corrected chi connectivity index (χ1v) is 22.9. The standard InChI is InChI=1S/C42H68O24/c43-12-25-30(52)33(55)35(57)40(62-25)60-23-10-18(47)9-22-19(23)11-24(37(59-22)16-7-20(48)29(51)21(49)8-16)61-42-39(34(56)31(53)26(13-44)64-42)66-41-36(58)38(32(54)27(14-45)63-41)65-28(50)6-3-15-1-4-17(46)5-2-15/h3,6,15-27,29-49,51-58H,1-2,4-5,7-14H2/t15?,16?,17?,18?,19?,20?,21?,22?,23?,24?,25-,26-,27-,29?,30-,31-,32-,33-,34+,35-,36-,37?,38+,39-,40-,41+,42-/m0/s1. The average molecular weight is 957 g/mol. The molecule has 4 saturated heterocycles. The van der Waals surface area contributed by atoms with Crippen molar-refractivity contribution in [1.82, 2.24) is 0 Å². The minimum atomic E-state index is -2.00. The van der Waals surface area contributed by atoms with Gasteiger partial charge in [0.2, 0.25) is 0 Å². The SMILES string of the molecule is O=C(C=CC1CCC(O)CC1)O[C@H]1[C@H](O)[C@@H](O[C@@H]2[C@@H](OC3CC4C(CC(O)CC4O[C@H]4O[C@@H](CO)[C@H](O)[C@H](O)[C@@H]4O)OC3C3CC(O)C(O)C(O)C3)O[C@@H](CO)[C@H](O)[C@H]2O)O[C@@H](CO)[C@@H]1O. The van der Waals surface area contributed by atoms with E-state index in [0.717, 1.165) is 6.08 Å². The lowest BCUT2D eigenvalue weighted by Gasteiger charge is -2.53. The van der Waals surface area contributed by atoms with Crippen LogP contribution in [0.5, 0.6) is 0 Å². The van der Waals surface area contributed by atoms with Crippen molar-refractivity contribution in [2.75, 3.05) is 19.8 Å². The summed E-state index contributed by atoms with van der Waals surface area (Å²) in [5.41, 5.74) is 0. The van der Waals surface area contributed by atoms with Crippen LogP contribution in [0.4, 0.5) is 0 Å². The van der Waals surface area contributed by atoms with E-state index in [0.29, 0.717) is 25.7 Å². The van der Waals surface area contributed by atoms with E-state index in [1.165, 1.54) is 0 Å². The number of fused-ring (bicyclic) bond motifs is 1. The van der Waals surface area contributed by atoms with Gasteiger partial charge in [-0.1, -0.05) is 6.08 Å². The van der Waals surface area contributed by atoms with Gasteiger partial charge >= 0.3 is 5.97 Å². The lowest BCUT2D eigenvalue weighted by Crippen LogP contribution is -2.66. The minimum absolute atomic E-state index is 0.0314. The third-order valence-electron chi connectivity index (χ3n) is 14.4. The van der Waals surface area contributed by atoms with Crippen LogP contribution in [-0.4, -0.2) is 249 Å². The second kappa shape index (κ2) is 22.6. The van der Waals surface area contributed by atoms with Crippen LogP contribution in [0.3, 0.4) is 0 Å². The second-order valence-electron chi connectivity index (χ2n) is 18.9. The zero-order valence-corrected chi connectivity index (χ0v) is 36.1. The molecule has 24 heteroatoms. The number of esters is 1. The number of allylic oxidation sites excluding steroid dienone is 1. The van der Waals surface area contributed by atoms with Crippen LogP contribution in [0.2, 0.25) is 0 Å². The van der Waals surface area contributed by atoms with Gasteiger partial charge in [0.1, 0.15) is 73.2 Å². The average Bonchev–Trinajstić information content (AvgIpc) is 3.29. The zero-order valence-electron chi connectivity index (χ0n) is 36.1. The number of rotatable bonds is 13. The molecule has 66 heavy (non-hydrogen) atoms. The molecule has 15 N–H and O–H groups in total. The fourth-order valence-electron chi connectivity index (χ4n) is 10.6. The largest absolute Gasteiger partial charge is 0.453 e. The first-order chi connectivity index (χ1) is 31.4. The number of hydrogen-bond acceptors (Lipinski definition) is 24. The van der Waals surface area contributed by atoms with Gasteiger partial charge < -0.3 is 114 Å². The summed E-state index contributed by atoms with van der Waals surface area (Å²) in [6, 6.07) is 0. The lowest BCUT2D eigenvalue weighted by molar-refractivity contribution is -0.380. The van der Waals surface area contributed by atoms with Crippen LogP contribution in [0.15, 0.2) is 12.2 Å². The first-order valence-electron chi connectivity index (χ1n) is 22.9. The third-order valence-corrected chi connectivity index (χ3v) is 14.4. The number of carbonyl (C=O) groups is 1. The van der Waals surface area contributed by atoms with E-state index in [2.05, 4.69) is 0 Å². The molecule has 3 aliphatic carbocycles. The molecule has 0 radical (unpaired) electrons. The molecule has 24 nitrogen and oxygen atoms in total. The van der Waals surface area contributed by atoms with Crippen molar-refractivity contribution >= 4 is 5.97 Å². The van der Waals surface area contributed by atoms with Gasteiger partial charge in [-0.05, 0) is 63.2 Å². The number of ether oxygens (including phenoxy) is 8. The molecule has 0 bridgehead atoms. The Morgan fingerprint density at radius 1 is 0.500 bits per heavy atom. The topological polar surface area (TPSA) is 394 Å². The maximum Gasteiger partial charge on any atom is 0.330 e. The molecule has 0 amide bonds. The monoisotopic (exact) mass is 956 g/mol. The third kappa shape index (κ3) is 11.4. The summed E-state index contributed by atoms with van der Waals surface area (Å²) >= 11 is 0. The van der Waals surface area contributed by atoms with Gasteiger partial charge in [0.15, 0.2) is 25.0 Å². The Morgan fingerprint density at radius 2 is 1.06 bits per heavy atom. The second-order valence-corrected chi connectivity index (χ2v) is 18.9. The van der Waals surface area contributed by atoms with Crippen molar-refractivity contribution in [3.8, 4) is 0 Å². The molecular formula is C42H68O24. The molecule has 0 spiro atoms. The fraction of sp³-hybridized carbons (Fsp3) is 0.929. The van der Waals surface area contributed by atoms with Gasteiger partial charge in [0.05, 0.1) is 68.7 Å². The number of aliphatic hydroxyl groups excluding tert-OH is 15. The predicted octanol–water partition coefficient (Wildman–Crippen LogP) is -6.74. The van der Waals surface area contributed by atoms with Gasteiger partial charge in [-0.2, -0.15) is 0 Å². The van der Waals surface area contributed by atoms with E-state index in [-0.39, 0.29) is 38.0 Å². The number of aliphatic hydroxyl groups is 15. The van der Waals surface area contributed by atoms with Crippen LogP contribution in [-0.2, 0) is 42.7 Å². The van der Waals surface area contributed by atoms with Crippen LogP contribution in [0.25, 0.3) is 0 Å². The summed E-state index contributed by atoms with van der Waals surface area (Å²) < 4.78 is 48.1. The molecule has 7 rings (SSSR count). The van der Waals surface area contributed by atoms with Gasteiger partial charge in [0, 0.05) is 18.4 Å². The summed E-state index contributed by atoms with van der Waals surface area (Å²) in [5, 5.41) is 160. The van der Waals surface area contributed by atoms with Gasteiger partial charge in [0.25, 0.3) is 0 Å². The Bertz CT molecular complexity index is 1560. The number of hydrogen-bond donors (Lipinski definition) is 15. The van der Waals surface area contributed by atoms with Gasteiger partial charge in [-0.25, -0.2) is 4.79 Å². The molecule has 7 aliphatic rings. The first kappa shape index (κ1) is 52.2. The van der Waals surface area contributed by atoms with Crippen molar-refractivity contribution in [2.45, 2.75) is 205 Å². The molecule has 4 heterocycles.